The molecule has 0 radical (unpaired) electrons. The van der Waals surface area contributed by atoms with Crippen molar-refractivity contribution in [1.29, 1.82) is 0 Å². The summed E-state index contributed by atoms with van der Waals surface area (Å²) >= 11 is 0. The molecule has 0 aromatic carbocycles. The molecule has 0 saturated carbocycles. The van der Waals surface area contributed by atoms with Crippen LogP contribution in [0.5, 0.6) is 11.5 Å². The van der Waals surface area contributed by atoms with Crippen molar-refractivity contribution in [2.45, 2.75) is 24.6 Å². The highest BCUT2D eigenvalue weighted by molar-refractivity contribution is 5.36. The minimum absolute atomic E-state index is 0.320. The summed E-state index contributed by atoms with van der Waals surface area (Å²) in [4.78, 5) is 0. The van der Waals surface area contributed by atoms with Crippen molar-refractivity contribution in [1.82, 2.24) is 0 Å². The van der Waals surface area contributed by atoms with Gasteiger partial charge in [-0.2, -0.15) is 0 Å². The van der Waals surface area contributed by atoms with Gasteiger partial charge in [0.15, 0.2) is 6.29 Å². The average Bonchev–Trinajstić information content (AvgIpc) is 3.01. The van der Waals surface area contributed by atoms with Gasteiger partial charge >= 0.3 is 0 Å². The molecule has 3 rings (SSSR count). The first kappa shape index (κ1) is 13.1. The Morgan fingerprint density at radius 3 is 2.06 bits per heavy atom. The first-order valence-corrected chi connectivity index (χ1v) is 5.25. The van der Waals surface area contributed by atoms with E-state index in [4.69, 9.17) is 34.3 Å². The number of aliphatic hydroxyl groups is 4. The van der Waals surface area contributed by atoms with E-state index in [0.717, 1.165) is 0 Å². The zero-order valence-electron chi connectivity index (χ0n) is 9.30. The third-order valence-corrected chi connectivity index (χ3v) is 2.54. The van der Waals surface area contributed by atoms with Gasteiger partial charge in [-0.15, -0.1) is 0 Å². The predicted molar refractivity (Wildman–Crippen MR) is 54.8 cm³/mol. The maximum absolute atomic E-state index is 8.93. The Morgan fingerprint density at radius 1 is 1.06 bits per heavy atom. The Hall–Kier alpha value is -1.32. The van der Waals surface area contributed by atoms with Gasteiger partial charge in [0.25, 0.3) is 0 Å². The van der Waals surface area contributed by atoms with Crippen LogP contribution in [0.25, 0.3) is 0 Å². The maximum Gasteiger partial charge on any atom is 0.231 e. The topological polar surface area (TPSA) is 122 Å². The lowest BCUT2D eigenvalue weighted by Crippen LogP contribution is -2.33. The van der Waals surface area contributed by atoms with Crippen LogP contribution in [0.3, 0.4) is 0 Å². The van der Waals surface area contributed by atoms with Gasteiger partial charge in [-0.3, -0.25) is 0 Å². The fourth-order valence-corrected chi connectivity index (χ4v) is 1.52. The molecule has 1 aromatic rings. The average molecular weight is 262 g/mol. The lowest BCUT2D eigenvalue weighted by atomic mass is 10.1. The van der Waals surface area contributed by atoms with E-state index in [-0.39, 0.29) is 0 Å². The van der Waals surface area contributed by atoms with E-state index in [2.05, 4.69) is 4.74 Å². The molecule has 8 heteroatoms. The Labute approximate surface area is 102 Å². The lowest BCUT2D eigenvalue weighted by Gasteiger charge is -2.09. The molecule has 1 aromatic heterocycles. The number of hydrogen-bond donors (Lipinski definition) is 4. The fourth-order valence-electron chi connectivity index (χ4n) is 1.52. The quantitative estimate of drug-likeness (QED) is 0.478. The normalized spacial score (nSPS) is 33.1. The van der Waals surface area contributed by atoms with Crippen molar-refractivity contribution in [3.05, 3.63) is 12.5 Å². The standard InChI is InChI=1S/C5H10O5.C5H4O3/c6-1-2-3(7)4(8)5(9)10-2;1-4-5(2-6-1)8-3-7-4/h2-9H,1H2;1-2H,3H2/t2-,3-,4-,5-;/m1./s1. The Kier molecular flexibility index (Phi) is 4.04. The predicted octanol–water partition coefficient (Wildman–Crippen LogP) is -1.57. The van der Waals surface area contributed by atoms with Gasteiger partial charge in [-0.1, -0.05) is 0 Å². The van der Waals surface area contributed by atoms with Gasteiger partial charge < -0.3 is 39.1 Å². The first-order chi connectivity index (χ1) is 8.63. The molecule has 102 valence electrons. The van der Waals surface area contributed by atoms with E-state index in [1.807, 2.05) is 0 Å². The van der Waals surface area contributed by atoms with E-state index < -0.39 is 31.2 Å². The van der Waals surface area contributed by atoms with Crippen LogP contribution in [0.4, 0.5) is 0 Å². The number of ether oxygens (including phenoxy) is 3. The Balaban J connectivity index is 0.000000136. The van der Waals surface area contributed by atoms with Crippen molar-refractivity contribution in [3.8, 4) is 11.5 Å². The van der Waals surface area contributed by atoms with Crippen molar-refractivity contribution < 1.29 is 39.1 Å². The van der Waals surface area contributed by atoms with E-state index in [0.29, 0.717) is 18.3 Å². The van der Waals surface area contributed by atoms with E-state index >= 15 is 0 Å². The molecule has 1 saturated heterocycles. The van der Waals surface area contributed by atoms with Gasteiger partial charge in [-0.25, -0.2) is 0 Å². The van der Waals surface area contributed by atoms with Crippen LogP contribution in [0, 0.1) is 0 Å². The molecule has 8 nitrogen and oxygen atoms in total. The van der Waals surface area contributed by atoms with E-state index in [1.54, 1.807) is 0 Å². The summed E-state index contributed by atoms with van der Waals surface area (Å²) in [6.07, 6.45) is -1.72. The molecule has 0 unspecified atom stereocenters. The monoisotopic (exact) mass is 262 g/mol. The largest absolute Gasteiger partial charge is 0.465 e. The smallest absolute Gasteiger partial charge is 0.231 e. The number of hydrogen-bond acceptors (Lipinski definition) is 8. The molecule has 0 aliphatic carbocycles. The first-order valence-electron chi connectivity index (χ1n) is 5.25. The second kappa shape index (κ2) is 5.55. The minimum atomic E-state index is -1.38. The molecule has 2 aliphatic heterocycles. The van der Waals surface area contributed by atoms with Gasteiger partial charge in [0, 0.05) is 0 Å². The van der Waals surface area contributed by atoms with Gasteiger partial charge in [0.05, 0.1) is 6.61 Å². The Bertz CT molecular complexity index is 359. The number of furan rings is 1. The number of rotatable bonds is 1. The summed E-state index contributed by atoms with van der Waals surface area (Å²) in [7, 11) is 0. The van der Waals surface area contributed by atoms with Crippen LogP contribution in [0.2, 0.25) is 0 Å². The maximum atomic E-state index is 8.93. The summed E-state index contributed by atoms with van der Waals surface area (Å²) in [5.74, 6) is 1.40. The highest BCUT2D eigenvalue weighted by Crippen LogP contribution is 2.32. The molecule has 4 atom stereocenters. The molecule has 3 heterocycles. The van der Waals surface area contributed by atoms with Gasteiger partial charge in [0.2, 0.25) is 18.3 Å². The lowest BCUT2D eigenvalue weighted by molar-refractivity contribution is -0.132. The summed E-state index contributed by atoms with van der Waals surface area (Å²) < 4.78 is 19.1. The molecule has 18 heavy (non-hydrogen) atoms. The van der Waals surface area contributed by atoms with Crippen LogP contribution >= 0.6 is 0 Å². The van der Waals surface area contributed by atoms with Crippen LogP contribution in [0.15, 0.2) is 16.9 Å². The summed E-state index contributed by atoms with van der Waals surface area (Å²) in [6, 6.07) is 0. The second-order valence-corrected chi connectivity index (χ2v) is 3.74. The number of fused-ring (bicyclic) bond motifs is 1. The van der Waals surface area contributed by atoms with E-state index in [1.165, 1.54) is 12.5 Å². The van der Waals surface area contributed by atoms with Crippen LogP contribution in [0.1, 0.15) is 0 Å². The van der Waals surface area contributed by atoms with Crippen molar-refractivity contribution in [2.75, 3.05) is 13.4 Å². The zero-order chi connectivity index (χ0) is 13.1. The summed E-state index contributed by atoms with van der Waals surface area (Å²) in [5.41, 5.74) is 0. The highest BCUT2D eigenvalue weighted by Gasteiger charge is 2.41. The van der Waals surface area contributed by atoms with Crippen LogP contribution in [-0.4, -0.2) is 58.4 Å². The molecule has 4 N–H and O–H groups in total. The molecule has 1 fully saturated rings. The Morgan fingerprint density at radius 2 is 1.67 bits per heavy atom. The second-order valence-electron chi connectivity index (χ2n) is 3.74. The summed E-state index contributed by atoms with van der Waals surface area (Å²) in [6.45, 7) is -0.0870. The van der Waals surface area contributed by atoms with Crippen LogP contribution in [-0.2, 0) is 4.74 Å². The third-order valence-electron chi connectivity index (χ3n) is 2.54. The van der Waals surface area contributed by atoms with Crippen molar-refractivity contribution in [2.24, 2.45) is 0 Å². The third kappa shape index (κ3) is 2.57. The highest BCUT2D eigenvalue weighted by atomic mass is 16.7. The molecule has 2 aliphatic rings. The van der Waals surface area contributed by atoms with Crippen LogP contribution < -0.4 is 9.47 Å². The van der Waals surface area contributed by atoms with Gasteiger partial charge in [0.1, 0.15) is 30.8 Å². The molecular formula is C10H14O8. The molecular weight excluding hydrogens is 248 g/mol. The molecule has 0 bridgehead atoms. The van der Waals surface area contributed by atoms with E-state index in [9.17, 15) is 0 Å². The molecule has 0 amide bonds. The number of aliphatic hydroxyl groups excluding tert-OH is 4. The molecule has 0 spiro atoms. The fraction of sp³-hybridized carbons (Fsp3) is 0.600. The zero-order valence-corrected chi connectivity index (χ0v) is 9.30. The van der Waals surface area contributed by atoms with Gasteiger partial charge in [-0.05, 0) is 0 Å². The summed E-state index contributed by atoms with van der Waals surface area (Å²) in [5, 5.41) is 35.0. The van der Waals surface area contributed by atoms with Crippen molar-refractivity contribution in [3.63, 3.8) is 0 Å². The SMILES string of the molecule is OC[C@H]1O[C@@H](O)[C@H](O)[C@@H]1O.c1occ2c1OCO2. The minimum Gasteiger partial charge on any atom is -0.465 e. The van der Waals surface area contributed by atoms with Crippen molar-refractivity contribution >= 4 is 0 Å².